The maximum absolute atomic E-state index is 4.70. The molecule has 4 aromatic heterocycles. The number of benzene rings is 1. The monoisotopic (exact) mass is 436 g/mol. The molecule has 8 heteroatoms. The molecule has 0 aliphatic carbocycles. The third kappa shape index (κ3) is 3.91. The van der Waals surface area contributed by atoms with Crippen molar-refractivity contribution >= 4 is 17.2 Å². The van der Waals surface area contributed by atoms with Gasteiger partial charge in [0.15, 0.2) is 0 Å². The Hall–Kier alpha value is -4.20. The van der Waals surface area contributed by atoms with E-state index >= 15 is 0 Å². The van der Waals surface area contributed by atoms with Crippen LogP contribution in [0.25, 0.3) is 16.6 Å². The van der Waals surface area contributed by atoms with E-state index in [1.807, 2.05) is 53.2 Å². The molecule has 164 valence electrons. The molecule has 1 aliphatic rings. The van der Waals surface area contributed by atoms with Gasteiger partial charge in [0.25, 0.3) is 0 Å². The van der Waals surface area contributed by atoms with E-state index in [1.54, 1.807) is 0 Å². The number of nitrogens with zero attached hydrogens (tertiary/aromatic N) is 7. The molecule has 0 atom stereocenters. The first-order valence-electron chi connectivity index (χ1n) is 11.0. The number of hydrogen-bond acceptors (Lipinski definition) is 6. The lowest BCUT2D eigenvalue weighted by atomic mass is 10.1. The van der Waals surface area contributed by atoms with E-state index < -0.39 is 0 Å². The van der Waals surface area contributed by atoms with Gasteiger partial charge in [-0.15, -0.1) is 0 Å². The number of aromatic nitrogens is 6. The minimum Gasteiger partial charge on any atom is -0.364 e. The highest BCUT2D eigenvalue weighted by molar-refractivity contribution is 5.76. The molecule has 0 radical (unpaired) electrons. The normalized spacial score (nSPS) is 13.9. The highest BCUT2D eigenvalue weighted by Gasteiger charge is 2.29. The highest BCUT2D eigenvalue weighted by atomic mass is 15.3. The van der Waals surface area contributed by atoms with Gasteiger partial charge in [-0.1, -0.05) is 36.4 Å². The van der Waals surface area contributed by atoms with Crippen LogP contribution < -0.4 is 10.2 Å². The van der Waals surface area contributed by atoms with E-state index in [2.05, 4.69) is 68.0 Å². The van der Waals surface area contributed by atoms with Crippen LogP contribution in [0.2, 0.25) is 0 Å². The molecular formula is C25H24N8. The van der Waals surface area contributed by atoms with Crippen LogP contribution in [0.5, 0.6) is 0 Å². The fraction of sp³-hybridized carbons (Fsp3) is 0.200. The van der Waals surface area contributed by atoms with E-state index in [1.165, 1.54) is 5.56 Å². The van der Waals surface area contributed by atoms with Gasteiger partial charge < -0.3 is 10.2 Å². The van der Waals surface area contributed by atoms with Gasteiger partial charge in [-0.2, -0.15) is 10.2 Å². The summed E-state index contributed by atoms with van der Waals surface area (Å²) in [5.41, 5.74) is 6.69. The Bertz CT molecular complexity index is 1400. The zero-order chi connectivity index (χ0) is 22.2. The molecule has 5 aromatic rings. The van der Waals surface area contributed by atoms with Crippen LogP contribution in [-0.4, -0.2) is 48.5 Å². The first kappa shape index (κ1) is 19.5. The van der Waals surface area contributed by atoms with E-state index in [9.17, 15) is 0 Å². The third-order valence-corrected chi connectivity index (χ3v) is 6.03. The van der Waals surface area contributed by atoms with Crippen molar-refractivity contribution in [1.29, 1.82) is 0 Å². The van der Waals surface area contributed by atoms with Crippen LogP contribution in [0.15, 0.2) is 79.5 Å². The Morgan fingerprint density at radius 1 is 0.939 bits per heavy atom. The van der Waals surface area contributed by atoms with E-state index in [4.69, 9.17) is 4.98 Å². The summed E-state index contributed by atoms with van der Waals surface area (Å²) in [5, 5.41) is 12.3. The smallest absolute Gasteiger partial charge is 0.223 e. The van der Waals surface area contributed by atoms with E-state index in [0.29, 0.717) is 12.0 Å². The van der Waals surface area contributed by atoms with E-state index in [-0.39, 0.29) is 0 Å². The van der Waals surface area contributed by atoms with Crippen LogP contribution in [0.1, 0.15) is 11.3 Å². The zero-order valence-electron chi connectivity index (χ0n) is 18.3. The second kappa shape index (κ2) is 8.05. The molecule has 33 heavy (non-hydrogen) atoms. The summed E-state index contributed by atoms with van der Waals surface area (Å²) in [4.78, 5) is 11.5. The van der Waals surface area contributed by atoms with Crippen LogP contribution >= 0.6 is 0 Å². The molecule has 0 amide bonds. The molecule has 5 heterocycles. The standard InChI is InChI=1S/C25H24N8/c1-31-14-20(12-27-31)19-7-8-23-24(13-28-33(23)15-19)32-16-22(17-32)30-25-26-10-9-21(29-25)11-18-5-3-2-4-6-18/h2-10,12-15,22H,11,16-17H2,1H3,(H,26,29,30). The lowest BCUT2D eigenvalue weighted by molar-refractivity contribution is 0.548. The van der Waals surface area contributed by atoms with Crippen LogP contribution in [0.4, 0.5) is 11.6 Å². The summed E-state index contributed by atoms with van der Waals surface area (Å²) < 4.78 is 3.75. The highest BCUT2D eigenvalue weighted by Crippen LogP contribution is 2.29. The van der Waals surface area contributed by atoms with Gasteiger partial charge in [-0.05, 0) is 17.7 Å². The first-order valence-corrected chi connectivity index (χ1v) is 11.0. The van der Waals surface area contributed by atoms with Gasteiger partial charge in [0.1, 0.15) is 0 Å². The van der Waals surface area contributed by atoms with Crippen molar-refractivity contribution in [2.45, 2.75) is 12.5 Å². The minimum atomic E-state index is 0.307. The predicted octanol–water partition coefficient (Wildman–Crippen LogP) is 3.42. The van der Waals surface area contributed by atoms with Crippen molar-refractivity contribution in [3.8, 4) is 11.1 Å². The second-order valence-electron chi connectivity index (χ2n) is 8.46. The lowest BCUT2D eigenvalue weighted by Crippen LogP contribution is -2.55. The lowest BCUT2D eigenvalue weighted by Gasteiger charge is -2.40. The summed E-state index contributed by atoms with van der Waals surface area (Å²) >= 11 is 0. The molecule has 1 aromatic carbocycles. The Labute approximate surface area is 191 Å². The molecule has 6 rings (SSSR count). The molecule has 1 saturated heterocycles. The molecule has 8 nitrogen and oxygen atoms in total. The van der Waals surface area contributed by atoms with Crippen molar-refractivity contribution < 1.29 is 0 Å². The topological polar surface area (TPSA) is 76.2 Å². The molecule has 0 saturated carbocycles. The second-order valence-corrected chi connectivity index (χ2v) is 8.46. The van der Waals surface area contributed by atoms with E-state index in [0.717, 1.165) is 47.5 Å². The Balaban J connectivity index is 1.11. The van der Waals surface area contributed by atoms with Crippen molar-refractivity contribution in [3.05, 3.63) is 90.8 Å². The molecule has 1 fully saturated rings. The third-order valence-electron chi connectivity index (χ3n) is 6.03. The Kier molecular flexibility index (Phi) is 4.75. The van der Waals surface area contributed by atoms with Crippen LogP contribution in [0, 0.1) is 0 Å². The Morgan fingerprint density at radius 3 is 2.64 bits per heavy atom. The molecular weight excluding hydrogens is 412 g/mol. The SMILES string of the molecule is Cn1cc(-c2ccc3c(N4CC(Nc5nccc(Cc6ccccc6)n5)C4)cnn3c2)cn1. The van der Waals surface area contributed by atoms with Gasteiger partial charge >= 0.3 is 0 Å². The molecule has 1 N–H and O–H groups in total. The molecule has 0 spiro atoms. The molecule has 0 bridgehead atoms. The summed E-state index contributed by atoms with van der Waals surface area (Å²) in [6.07, 6.45) is 10.5. The maximum atomic E-state index is 4.70. The van der Waals surface area contributed by atoms with Crippen molar-refractivity contribution in [1.82, 2.24) is 29.4 Å². The number of rotatable bonds is 6. The summed E-state index contributed by atoms with van der Waals surface area (Å²) in [7, 11) is 1.92. The minimum absolute atomic E-state index is 0.307. The average Bonchev–Trinajstić information content (AvgIpc) is 3.43. The zero-order valence-corrected chi connectivity index (χ0v) is 18.3. The van der Waals surface area contributed by atoms with Crippen LogP contribution in [0.3, 0.4) is 0 Å². The Morgan fingerprint density at radius 2 is 1.82 bits per heavy atom. The maximum Gasteiger partial charge on any atom is 0.223 e. The summed E-state index contributed by atoms with van der Waals surface area (Å²) in [6, 6.07) is 16.9. The number of hydrogen-bond donors (Lipinski definition) is 1. The summed E-state index contributed by atoms with van der Waals surface area (Å²) in [6.45, 7) is 1.77. The average molecular weight is 437 g/mol. The van der Waals surface area contributed by atoms with Gasteiger partial charge in [0.05, 0.1) is 35.3 Å². The molecule has 0 unspecified atom stereocenters. The van der Waals surface area contributed by atoms with Gasteiger partial charge in [-0.3, -0.25) is 4.68 Å². The fourth-order valence-electron chi connectivity index (χ4n) is 4.27. The quantitative estimate of drug-likeness (QED) is 0.440. The largest absolute Gasteiger partial charge is 0.364 e. The predicted molar refractivity (Wildman–Crippen MR) is 128 cm³/mol. The number of anilines is 2. The number of nitrogens with one attached hydrogen (secondary N) is 1. The van der Waals surface area contributed by atoms with Crippen molar-refractivity contribution in [2.75, 3.05) is 23.3 Å². The number of aryl methyl sites for hydroxylation is 1. The molecule has 1 aliphatic heterocycles. The van der Waals surface area contributed by atoms with Crippen molar-refractivity contribution in [3.63, 3.8) is 0 Å². The van der Waals surface area contributed by atoms with Gasteiger partial charge in [0, 0.05) is 56.3 Å². The fourth-order valence-corrected chi connectivity index (χ4v) is 4.27. The summed E-state index contributed by atoms with van der Waals surface area (Å²) in [5.74, 6) is 0.689. The number of fused-ring (bicyclic) bond motifs is 1. The van der Waals surface area contributed by atoms with Gasteiger partial charge in [0.2, 0.25) is 5.95 Å². The van der Waals surface area contributed by atoms with Gasteiger partial charge in [-0.25, -0.2) is 14.5 Å². The van der Waals surface area contributed by atoms with Crippen molar-refractivity contribution in [2.24, 2.45) is 7.05 Å². The number of pyridine rings is 1. The van der Waals surface area contributed by atoms with Crippen LogP contribution in [-0.2, 0) is 13.5 Å². The first-order chi connectivity index (χ1) is 16.2.